The molecular formula is C4H10IN2O-. The summed E-state index contributed by atoms with van der Waals surface area (Å²) in [6.07, 6.45) is 0.804. The average Bonchev–Trinajstić information content (AvgIpc) is 2.42. The third kappa shape index (κ3) is 1.85. The minimum absolute atomic E-state index is 0.00200. The monoisotopic (exact) mass is 229 g/mol. The molecule has 1 fully saturated rings. The summed E-state index contributed by atoms with van der Waals surface area (Å²) in [7, 11) is 1.95. The first-order chi connectivity index (χ1) is 3.84. The Kier molecular flexibility index (Phi) is 2.48. The average molecular weight is 229 g/mol. The van der Waals surface area contributed by atoms with E-state index in [-0.39, 0.29) is 21.8 Å². The molecule has 2 atom stereocenters. The Balaban J connectivity index is 1.89. The molecule has 0 aromatic carbocycles. The SMILES string of the molecule is CN[I-]NC1OC1C. The summed E-state index contributed by atoms with van der Waals surface area (Å²) < 4.78 is 11.4. The summed E-state index contributed by atoms with van der Waals surface area (Å²) in [6.45, 7) is 2.07. The van der Waals surface area contributed by atoms with Crippen molar-refractivity contribution in [1.29, 1.82) is 0 Å². The first kappa shape index (κ1) is 6.73. The number of halogens is 1. The van der Waals surface area contributed by atoms with Crippen molar-refractivity contribution in [2.75, 3.05) is 7.05 Å². The summed E-state index contributed by atoms with van der Waals surface area (Å²) in [5, 5.41) is 0. The fraction of sp³-hybridized carbons (Fsp3) is 1.00. The van der Waals surface area contributed by atoms with Crippen LogP contribution in [0.4, 0.5) is 0 Å². The Morgan fingerprint density at radius 2 is 2.25 bits per heavy atom. The van der Waals surface area contributed by atoms with Gasteiger partial charge in [-0.05, 0) is 0 Å². The Bertz CT molecular complexity index is 80.4. The van der Waals surface area contributed by atoms with E-state index in [0.29, 0.717) is 12.3 Å². The maximum atomic E-state index is 5.10. The normalized spacial score (nSPS) is 35.8. The van der Waals surface area contributed by atoms with E-state index in [1.54, 1.807) is 0 Å². The van der Waals surface area contributed by atoms with Crippen LogP contribution in [0.25, 0.3) is 0 Å². The van der Waals surface area contributed by atoms with E-state index in [0.717, 1.165) is 0 Å². The van der Waals surface area contributed by atoms with Gasteiger partial charge in [-0.3, -0.25) is 0 Å². The molecule has 0 aromatic rings. The van der Waals surface area contributed by atoms with Crippen molar-refractivity contribution in [2.24, 2.45) is 0 Å². The van der Waals surface area contributed by atoms with E-state index >= 15 is 0 Å². The summed E-state index contributed by atoms with van der Waals surface area (Å²) in [4.78, 5) is 0. The number of hydrogen-bond acceptors (Lipinski definition) is 3. The van der Waals surface area contributed by atoms with Crippen LogP contribution in [0.15, 0.2) is 0 Å². The van der Waals surface area contributed by atoms with E-state index in [9.17, 15) is 0 Å². The van der Waals surface area contributed by atoms with Crippen molar-refractivity contribution in [1.82, 2.24) is 7.06 Å². The molecule has 4 heteroatoms. The number of epoxide rings is 1. The number of nitrogens with one attached hydrogen (secondary N) is 2. The Morgan fingerprint density at radius 3 is 2.62 bits per heavy atom. The molecule has 0 aliphatic carbocycles. The standard InChI is InChI=1S/C4H10IN2O/c1-3-4(8-3)7-5-6-2/h3-4,6-7H,1-2H3/q-1. The van der Waals surface area contributed by atoms with Crippen LogP contribution in [0.5, 0.6) is 0 Å². The van der Waals surface area contributed by atoms with Gasteiger partial charge in [0.1, 0.15) is 0 Å². The molecule has 0 spiro atoms. The number of ether oxygens (including phenoxy) is 1. The first-order valence-electron chi connectivity index (χ1n) is 2.55. The molecule has 1 heterocycles. The molecular weight excluding hydrogens is 219 g/mol. The molecule has 1 saturated heterocycles. The molecule has 1 aliphatic rings. The van der Waals surface area contributed by atoms with Gasteiger partial charge in [0.2, 0.25) is 0 Å². The van der Waals surface area contributed by atoms with Crippen molar-refractivity contribution in [2.45, 2.75) is 19.3 Å². The molecule has 0 amide bonds. The van der Waals surface area contributed by atoms with Crippen molar-refractivity contribution in [3.8, 4) is 0 Å². The van der Waals surface area contributed by atoms with Gasteiger partial charge < -0.3 is 0 Å². The molecule has 0 saturated carbocycles. The van der Waals surface area contributed by atoms with Crippen molar-refractivity contribution >= 4 is 0 Å². The Labute approximate surface area is 60.1 Å². The molecule has 50 valence electrons. The topological polar surface area (TPSA) is 36.6 Å². The zero-order chi connectivity index (χ0) is 5.98. The molecule has 2 unspecified atom stereocenters. The van der Waals surface area contributed by atoms with Gasteiger partial charge in [0.15, 0.2) is 0 Å². The molecule has 0 aromatic heterocycles. The predicted molar refractivity (Wildman–Crippen MR) is 26.5 cm³/mol. The van der Waals surface area contributed by atoms with Crippen LogP contribution in [0, 0.1) is 0 Å². The molecule has 8 heavy (non-hydrogen) atoms. The summed E-state index contributed by atoms with van der Waals surface area (Å²) in [5.41, 5.74) is 0. The summed E-state index contributed by atoms with van der Waals surface area (Å²) >= 11 is -0.00200. The third-order valence-corrected chi connectivity index (χ3v) is 2.43. The maximum absolute atomic E-state index is 5.10. The second-order valence-electron chi connectivity index (χ2n) is 1.65. The van der Waals surface area contributed by atoms with Crippen molar-refractivity contribution < 1.29 is 26.5 Å². The van der Waals surface area contributed by atoms with Crippen LogP contribution in [0.1, 0.15) is 6.92 Å². The van der Waals surface area contributed by atoms with Crippen LogP contribution in [0.2, 0.25) is 0 Å². The van der Waals surface area contributed by atoms with E-state index in [2.05, 4.69) is 14.0 Å². The second-order valence-corrected chi connectivity index (χ2v) is 3.90. The summed E-state index contributed by atoms with van der Waals surface area (Å²) in [6, 6.07) is 0. The molecule has 0 bridgehead atoms. The molecule has 1 aliphatic heterocycles. The van der Waals surface area contributed by atoms with Gasteiger partial charge in [-0.25, -0.2) is 0 Å². The van der Waals surface area contributed by atoms with Crippen LogP contribution >= 0.6 is 0 Å². The van der Waals surface area contributed by atoms with Crippen molar-refractivity contribution in [3.05, 3.63) is 0 Å². The third-order valence-electron chi connectivity index (χ3n) is 0.968. The Morgan fingerprint density at radius 1 is 1.62 bits per heavy atom. The van der Waals surface area contributed by atoms with Crippen molar-refractivity contribution in [3.63, 3.8) is 0 Å². The van der Waals surface area contributed by atoms with Gasteiger partial charge in [0, 0.05) is 0 Å². The van der Waals surface area contributed by atoms with Gasteiger partial charge in [-0.15, -0.1) is 0 Å². The van der Waals surface area contributed by atoms with Gasteiger partial charge >= 0.3 is 59.9 Å². The zero-order valence-corrected chi connectivity index (χ0v) is 7.10. The van der Waals surface area contributed by atoms with E-state index in [1.165, 1.54) is 0 Å². The molecule has 3 nitrogen and oxygen atoms in total. The summed E-state index contributed by atoms with van der Waals surface area (Å²) in [5.74, 6) is 0. The quantitative estimate of drug-likeness (QED) is 0.299. The zero-order valence-electron chi connectivity index (χ0n) is 4.94. The van der Waals surface area contributed by atoms with Gasteiger partial charge in [0.25, 0.3) is 0 Å². The first-order valence-corrected chi connectivity index (χ1v) is 4.71. The van der Waals surface area contributed by atoms with Gasteiger partial charge in [-0.1, -0.05) is 0 Å². The second kappa shape index (κ2) is 2.95. The molecule has 1 rings (SSSR count). The fourth-order valence-corrected chi connectivity index (χ4v) is 1.68. The van der Waals surface area contributed by atoms with E-state index in [1.807, 2.05) is 7.05 Å². The van der Waals surface area contributed by atoms with E-state index in [4.69, 9.17) is 4.74 Å². The molecule has 0 radical (unpaired) electrons. The fourth-order valence-electron chi connectivity index (χ4n) is 0.409. The minimum atomic E-state index is -0.00200. The van der Waals surface area contributed by atoms with E-state index < -0.39 is 0 Å². The van der Waals surface area contributed by atoms with Gasteiger partial charge in [0.05, 0.1) is 0 Å². The van der Waals surface area contributed by atoms with Gasteiger partial charge in [-0.2, -0.15) is 0 Å². The Hall–Kier alpha value is 0.610. The van der Waals surface area contributed by atoms with Crippen LogP contribution in [-0.4, -0.2) is 19.4 Å². The molecule has 2 N–H and O–H groups in total. The number of hydrogen-bond donors (Lipinski definition) is 2. The predicted octanol–water partition coefficient (Wildman–Crippen LogP) is -3.54. The van der Waals surface area contributed by atoms with Crippen LogP contribution in [-0.2, 0) is 4.74 Å². The number of rotatable bonds is 3. The van der Waals surface area contributed by atoms with Crippen LogP contribution < -0.4 is 28.8 Å². The van der Waals surface area contributed by atoms with Crippen LogP contribution in [0.3, 0.4) is 0 Å².